The Balaban J connectivity index is 2.17. The van der Waals surface area contributed by atoms with Crippen molar-refractivity contribution in [2.45, 2.75) is 34.1 Å². The fourth-order valence-electron chi connectivity index (χ4n) is 2.81. The van der Waals surface area contributed by atoms with Crippen LogP contribution in [0.3, 0.4) is 0 Å². The normalized spacial score (nSPS) is 12.0. The Bertz CT molecular complexity index is 796. The number of nitrogens with one attached hydrogen (secondary N) is 1. The lowest BCUT2D eigenvalue weighted by Gasteiger charge is -2.16. The van der Waals surface area contributed by atoms with Crippen LogP contribution in [0.15, 0.2) is 24.4 Å². The number of hydrogen-bond acceptors (Lipinski definition) is 5. The van der Waals surface area contributed by atoms with Gasteiger partial charge in [0, 0.05) is 5.56 Å². The van der Waals surface area contributed by atoms with Gasteiger partial charge in [-0.1, -0.05) is 20.8 Å². The molecule has 146 valence electrons. The number of halogens is 1. The number of amides is 1. The van der Waals surface area contributed by atoms with Gasteiger partial charge in [0.15, 0.2) is 5.82 Å². The van der Waals surface area contributed by atoms with E-state index in [9.17, 15) is 9.18 Å². The second-order valence-corrected chi connectivity index (χ2v) is 6.99. The third-order valence-electron chi connectivity index (χ3n) is 3.98. The number of aromatic nitrogens is 2. The Hall–Kier alpha value is -2.70. The summed E-state index contributed by atoms with van der Waals surface area (Å²) in [6.07, 6.45) is 1.45. The monoisotopic (exact) mass is 375 g/mol. The minimum atomic E-state index is -0.677. The van der Waals surface area contributed by atoms with Crippen molar-refractivity contribution in [3.8, 4) is 17.0 Å². The summed E-state index contributed by atoms with van der Waals surface area (Å²) < 4.78 is 24.6. The summed E-state index contributed by atoms with van der Waals surface area (Å²) in [5.41, 5.74) is 1.34. The van der Waals surface area contributed by atoms with Crippen molar-refractivity contribution in [1.82, 2.24) is 9.97 Å². The number of methoxy groups -OCH3 is 1. The van der Waals surface area contributed by atoms with E-state index in [0.717, 1.165) is 12.6 Å². The lowest BCUT2D eigenvalue weighted by Crippen LogP contribution is -2.12. The van der Waals surface area contributed by atoms with Gasteiger partial charge in [-0.2, -0.15) is 0 Å². The molecule has 2 aromatic rings. The molecule has 2 rings (SSSR count). The predicted octanol–water partition coefficient (Wildman–Crippen LogP) is 4.83. The Kier molecular flexibility index (Phi) is 7.10. The molecule has 1 N–H and O–H groups in total. The Labute approximate surface area is 159 Å². The van der Waals surface area contributed by atoms with Crippen molar-refractivity contribution in [2.75, 3.05) is 19.0 Å². The average Bonchev–Trinajstić information content (AvgIpc) is 2.61. The Morgan fingerprint density at radius 2 is 2.04 bits per heavy atom. The molecule has 0 aromatic carbocycles. The number of hydrogen-bond donors (Lipinski definition) is 1. The Morgan fingerprint density at radius 1 is 1.30 bits per heavy atom. The highest BCUT2D eigenvalue weighted by molar-refractivity contribution is 5.84. The van der Waals surface area contributed by atoms with Crippen LogP contribution < -0.4 is 10.1 Å². The fourth-order valence-corrected chi connectivity index (χ4v) is 2.81. The van der Waals surface area contributed by atoms with E-state index in [2.05, 4.69) is 40.8 Å². The van der Waals surface area contributed by atoms with Crippen LogP contribution in [-0.2, 0) is 4.74 Å². The lowest BCUT2D eigenvalue weighted by atomic mass is 10.00. The molecule has 0 saturated heterocycles. The molecule has 0 fully saturated rings. The molecule has 7 heteroatoms. The van der Waals surface area contributed by atoms with Crippen LogP contribution in [-0.4, -0.2) is 29.8 Å². The topological polar surface area (TPSA) is 73.3 Å². The van der Waals surface area contributed by atoms with Crippen molar-refractivity contribution in [2.24, 2.45) is 11.8 Å². The van der Waals surface area contributed by atoms with Crippen LogP contribution in [0.2, 0.25) is 0 Å². The molecular weight excluding hydrogens is 349 g/mol. The van der Waals surface area contributed by atoms with E-state index >= 15 is 0 Å². The van der Waals surface area contributed by atoms with Crippen LogP contribution in [0.4, 0.5) is 15.0 Å². The summed E-state index contributed by atoms with van der Waals surface area (Å²) in [7, 11) is 1.24. The molecule has 0 radical (unpaired) electrons. The molecule has 2 heterocycles. The number of pyridine rings is 2. The van der Waals surface area contributed by atoms with E-state index in [1.807, 2.05) is 6.92 Å². The number of aryl methyl sites for hydroxylation is 1. The molecule has 0 aliphatic rings. The van der Waals surface area contributed by atoms with Crippen LogP contribution in [0.5, 0.6) is 5.75 Å². The molecule has 2 aromatic heterocycles. The van der Waals surface area contributed by atoms with E-state index in [1.165, 1.54) is 13.2 Å². The van der Waals surface area contributed by atoms with E-state index in [-0.39, 0.29) is 11.4 Å². The van der Waals surface area contributed by atoms with Crippen molar-refractivity contribution in [3.05, 3.63) is 35.9 Å². The van der Waals surface area contributed by atoms with Crippen molar-refractivity contribution in [1.29, 1.82) is 0 Å². The highest BCUT2D eigenvalue weighted by atomic mass is 19.1. The zero-order valence-electron chi connectivity index (χ0n) is 16.4. The molecule has 1 atom stereocenters. The number of nitrogens with zero attached hydrogens (tertiary/aromatic N) is 2. The van der Waals surface area contributed by atoms with Crippen LogP contribution in [0, 0.1) is 24.6 Å². The largest absolute Gasteiger partial charge is 0.491 e. The molecule has 6 nitrogen and oxygen atoms in total. The molecule has 0 bridgehead atoms. The number of carbonyl (C=O) groups excluding carboxylic acids is 1. The average molecular weight is 375 g/mol. The molecule has 0 spiro atoms. The van der Waals surface area contributed by atoms with Gasteiger partial charge in [-0.25, -0.2) is 19.2 Å². The molecule has 0 saturated carbocycles. The first-order valence-corrected chi connectivity index (χ1v) is 8.91. The predicted molar refractivity (Wildman–Crippen MR) is 102 cm³/mol. The van der Waals surface area contributed by atoms with Crippen LogP contribution in [0.1, 0.15) is 32.9 Å². The van der Waals surface area contributed by atoms with Gasteiger partial charge in [-0.05, 0) is 43.4 Å². The van der Waals surface area contributed by atoms with Gasteiger partial charge in [0.05, 0.1) is 31.3 Å². The van der Waals surface area contributed by atoms with Gasteiger partial charge in [0.2, 0.25) is 0 Å². The molecule has 0 aliphatic carbocycles. The summed E-state index contributed by atoms with van der Waals surface area (Å²) in [6.45, 7) is 8.95. The standard InChI is InChI=1S/C20H26FN3O3/c1-12(2)8-13(3)11-27-18-7-6-17(23-14(18)4)15-9-19(22-10-16(15)21)24-20(25)26-5/h6-7,9-10,12-13H,8,11H2,1-5H3,(H,22,24,25)/t13-/m1/s1. The zero-order chi connectivity index (χ0) is 20.0. The summed E-state index contributed by atoms with van der Waals surface area (Å²) in [6, 6.07) is 4.89. The van der Waals surface area contributed by atoms with E-state index in [0.29, 0.717) is 35.6 Å². The van der Waals surface area contributed by atoms with Crippen molar-refractivity contribution < 1.29 is 18.7 Å². The minimum Gasteiger partial charge on any atom is -0.491 e. The minimum absolute atomic E-state index is 0.181. The van der Waals surface area contributed by atoms with Gasteiger partial charge >= 0.3 is 6.09 Å². The van der Waals surface area contributed by atoms with Crippen LogP contribution >= 0.6 is 0 Å². The molecule has 0 aliphatic heterocycles. The summed E-state index contributed by atoms with van der Waals surface area (Å²) >= 11 is 0. The van der Waals surface area contributed by atoms with Crippen molar-refractivity contribution in [3.63, 3.8) is 0 Å². The molecule has 27 heavy (non-hydrogen) atoms. The SMILES string of the molecule is COC(=O)Nc1cc(-c2ccc(OC[C@H](C)CC(C)C)c(C)n2)c(F)cn1. The van der Waals surface area contributed by atoms with Gasteiger partial charge in [-0.3, -0.25) is 5.32 Å². The van der Waals surface area contributed by atoms with Gasteiger partial charge in [-0.15, -0.1) is 0 Å². The maximum atomic E-state index is 14.2. The summed E-state index contributed by atoms with van der Waals surface area (Å²) in [4.78, 5) is 19.6. The van der Waals surface area contributed by atoms with E-state index < -0.39 is 11.9 Å². The van der Waals surface area contributed by atoms with Crippen LogP contribution in [0.25, 0.3) is 11.3 Å². The van der Waals surface area contributed by atoms with Gasteiger partial charge in [0.25, 0.3) is 0 Å². The lowest BCUT2D eigenvalue weighted by molar-refractivity contribution is 0.187. The third kappa shape index (κ3) is 5.91. The fraction of sp³-hybridized carbons (Fsp3) is 0.450. The Morgan fingerprint density at radius 3 is 2.67 bits per heavy atom. The van der Waals surface area contributed by atoms with Crippen molar-refractivity contribution >= 4 is 11.9 Å². The molecule has 0 unspecified atom stereocenters. The van der Waals surface area contributed by atoms with Gasteiger partial charge in [0.1, 0.15) is 11.6 Å². The summed E-state index contributed by atoms with van der Waals surface area (Å²) in [5.74, 6) is 1.38. The van der Waals surface area contributed by atoms with Gasteiger partial charge < -0.3 is 9.47 Å². The molecular formula is C20H26FN3O3. The number of anilines is 1. The number of carbonyl (C=O) groups is 1. The number of ether oxygens (including phenoxy) is 2. The smallest absolute Gasteiger partial charge is 0.412 e. The quantitative estimate of drug-likeness (QED) is 0.750. The second kappa shape index (κ2) is 9.30. The zero-order valence-corrected chi connectivity index (χ0v) is 16.4. The highest BCUT2D eigenvalue weighted by Crippen LogP contribution is 2.27. The molecule has 1 amide bonds. The van der Waals surface area contributed by atoms with E-state index in [1.54, 1.807) is 12.1 Å². The second-order valence-electron chi connectivity index (χ2n) is 6.99. The number of rotatable bonds is 7. The van der Waals surface area contributed by atoms with E-state index in [4.69, 9.17) is 4.74 Å². The first-order chi connectivity index (χ1) is 12.8. The summed E-state index contributed by atoms with van der Waals surface area (Å²) in [5, 5.41) is 2.41. The first kappa shape index (κ1) is 20.6. The maximum Gasteiger partial charge on any atom is 0.412 e. The maximum absolute atomic E-state index is 14.2. The first-order valence-electron chi connectivity index (χ1n) is 8.91. The third-order valence-corrected chi connectivity index (χ3v) is 3.98. The highest BCUT2D eigenvalue weighted by Gasteiger charge is 2.13.